The maximum absolute atomic E-state index is 5.90. The molecule has 1 aliphatic carbocycles. The van der Waals surface area contributed by atoms with Gasteiger partial charge in [-0.3, -0.25) is 0 Å². The van der Waals surface area contributed by atoms with Crippen LogP contribution < -0.4 is 20.5 Å². The minimum Gasteiger partial charge on any atom is -0.497 e. The Morgan fingerprint density at radius 1 is 1.30 bits per heavy atom. The number of rotatable bonds is 9. The van der Waals surface area contributed by atoms with Gasteiger partial charge in [0.15, 0.2) is 0 Å². The molecule has 0 radical (unpaired) electrons. The molecule has 20 heavy (non-hydrogen) atoms. The SMILES string of the molecule is COc1ccc(C(CN)NCCCC2CC2)c(OC)c1. The van der Waals surface area contributed by atoms with Crippen molar-refractivity contribution >= 4 is 0 Å². The van der Waals surface area contributed by atoms with E-state index in [0.29, 0.717) is 6.54 Å². The summed E-state index contributed by atoms with van der Waals surface area (Å²) >= 11 is 0. The Balaban J connectivity index is 1.94. The molecule has 3 N–H and O–H groups in total. The Morgan fingerprint density at radius 2 is 2.10 bits per heavy atom. The number of hydrogen-bond acceptors (Lipinski definition) is 4. The van der Waals surface area contributed by atoms with E-state index < -0.39 is 0 Å². The minimum absolute atomic E-state index is 0.134. The fourth-order valence-electron chi connectivity index (χ4n) is 2.50. The molecule has 0 aromatic heterocycles. The lowest BCUT2D eigenvalue weighted by atomic mass is 10.0. The van der Waals surface area contributed by atoms with Gasteiger partial charge in [0.1, 0.15) is 11.5 Å². The van der Waals surface area contributed by atoms with Gasteiger partial charge in [-0.05, 0) is 31.4 Å². The van der Waals surface area contributed by atoms with E-state index in [2.05, 4.69) is 5.32 Å². The first kappa shape index (κ1) is 15.1. The molecule has 2 rings (SSSR count). The predicted molar refractivity (Wildman–Crippen MR) is 81.3 cm³/mol. The van der Waals surface area contributed by atoms with Gasteiger partial charge in [0.2, 0.25) is 0 Å². The van der Waals surface area contributed by atoms with Crippen LogP contribution in [0, 0.1) is 5.92 Å². The van der Waals surface area contributed by atoms with Crippen LogP contribution in [-0.2, 0) is 0 Å². The van der Waals surface area contributed by atoms with Crippen molar-refractivity contribution < 1.29 is 9.47 Å². The highest BCUT2D eigenvalue weighted by molar-refractivity contribution is 5.42. The largest absolute Gasteiger partial charge is 0.497 e. The van der Waals surface area contributed by atoms with Crippen LogP contribution in [0.15, 0.2) is 18.2 Å². The van der Waals surface area contributed by atoms with Crippen molar-refractivity contribution in [2.45, 2.75) is 31.7 Å². The summed E-state index contributed by atoms with van der Waals surface area (Å²) in [5.74, 6) is 2.62. The monoisotopic (exact) mass is 278 g/mol. The van der Waals surface area contributed by atoms with Crippen molar-refractivity contribution in [3.63, 3.8) is 0 Å². The summed E-state index contributed by atoms with van der Waals surface area (Å²) in [6.07, 6.45) is 5.41. The van der Waals surface area contributed by atoms with Crippen LogP contribution >= 0.6 is 0 Å². The number of nitrogens with one attached hydrogen (secondary N) is 1. The van der Waals surface area contributed by atoms with Crippen molar-refractivity contribution in [3.8, 4) is 11.5 Å². The molecule has 1 unspecified atom stereocenters. The topological polar surface area (TPSA) is 56.5 Å². The first-order valence-electron chi connectivity index (χ1n) is 7.43. The molecule has 0 amide bonds. The van der Waals surface area contributed by atoms with Gasteiger partial charge in [-0.15, -0.1) is 0 Å². The molecule has 112 valence electrons. The predicted octanol–water partition coefficient (Wildman–Crippen LogP) is 2.48. The summed E-state index contributed by atoms with van der Waals surface area (Å²) in [6, 6.07) is 6.02. The summed E-state index contributed by atoms with van der Waals surface area (Å²) in [7, 11) is 3.34. The van der Waals surface area contributed by atoms with Gasteiger partial charge < -0.3 is 20.5 Å². The Hall–Kier alpha value is -1.26. The molecule has 0 heterocycles. The van der Waals surface area contributed by atoms with Gasteiger partial charge in [-0.2, -0.15) is 0 Å². The first-order valence-corrected chi connectivity index (χ1v) is 7.43. The normalized spacial score (nSPS) is 15.9. The van der Waals surface area contributed by atoms with Crippen molar-refractivity contribution in [1.82, 2.24) is 5.32 Å². The third-order valence-corrected chi connectivity index (χ3v) is 3.93. The number of benzene rings is 1. The van der Waals surface area contributed by atoms with Crippen LogP contribution in [0.1, 0.15) is 37.3 Å². The number of ether oxygens (including phenoxy) is 2. The van der Waals surface area contributed by atoms with Crippen molar-refractivity contribution in [3.05, 3.63) is 23.8 Å². The number of hydrogen-bond donors (Lipinski definition) is 2. The number of nitrogens with two attached hydrogens (primary N) is 1. The molecule has 1 aromatic rings. The van der Waals surface area contributed by atoms with Gasteiger partial charge in [0, 0.05) is 24.2 Å². The van der Waals surface area contributed by atoms with E-state index in [1.165, 1.54) is 25.7 Å². The second kappa shape index (κ2) is 7.50. The van der Waals surface area contributed by atoms with E-state index in [4.69, 9.17) is 15.2 Å². The van der Waals surface area contributed by atoms with E-state index in [0.717, 1.165) is 29.5 Å². The summed E-state index contributed by atoms with van der Waals surface area (Å²) in [5, 5.41) is 3.54. The van der Waals surface area contributed by atoms with Gasteiger partial charge in [0.25, 0.3) is 0 Å². The summed E-state index contributed by atoms with van der Waals surface area (Å²) in [5.41, 5.74) is 7.00. The fourth-order valence-corrected chi connectivity index (χ4v) is 2.50. The van der Waals surface area contributed by atoms with Gasteiger partial charge in [0.05, 0.1) is 14.2 Å². The molecule has 1 fully saturated rings. The highest BCUT2D eigenvalue weighted by atomic mass is 16.5. The molecular weight excluding hydrogens is 252 g/mol. The Labute approximate surface area is 121 Å². The average molecular weight is 278 g/mol. The lowest BCUT2D eigenvalue weighted by Crippen LogP contribution is -2.29. The molecule has 0 bridgehead atoms. The molecule has 1 aromatic carbocycles. The fraction of sp³-hybridized carbons (Fsp3) is 0.625. The van der Waals surface area contributed by atoms with Crippen LogP contribution in [0.25, 0.3) is 0 Å². The summed E-state index contributed by atoms with van der Waals surface area (Å²) in [4.78, 5) is 0. The molecular formula is C16H26N2O2. The summed E-state index contributed by atoms with van der Waals surface area (Å²) in [6.45, 7) is 1.57. The van der Waals surface area contributed by atoms with Crippen LogP contribution in [0.2, 0.25) is 0 Å². The zero-order chi connectivity index (χ0) is 14.4. The average Bonchev–Trinajstić information content (AvgIpc) is 3.31. The van der Waals surface area contributed by atoms with Gasteiger partial charge in [-0.25, -0.2) is 0 Å². The lowest BCUT2D eigenvalue weighted by molar-refractivity contribution is 0.384. The quantitative estimate of drug-likeness (QED) is 0.681. The van der Waals surface area contributed by atoms with Crippen molar-refractivity contribution in [2.75, 3.05) is 27.3 Å². The zero-order valence-corrected chi connectivity index (χ0v) is 12.5. The van der Waals surface area contributed by atoms with Crippen molar-refractivity contribution in [2.24, 2.45) is 11.7 Å². The molecule has 1 saturated carbocycles. The van der Waals surface area contributed by atoms with E-state index in [-0.39, 0.29) is 6.04 Å². The maximum atomic E-state index is 5.90. The Morgan fingerprint density at radius 3 is 2.70 bits per heavy atom. The second-order valence-corrected chi connectivity index (χ2v) is 5.44. The highest BCUT2D eigenvalue weighted by Crippen LogP contribution is 2.33. The van der Waals surface area contributed by atoms with Crippen molar-refractivity contribution in [1.29, 1.82) is 0 Å². The molecule has 1 aliphatic rings. The van der Waals surface area contributed by atoms with E-state index in [1.807, 2.05) is 18.2 Å². The van der Waals surface area contributed by atoms with E-state index >= 15 is 0 Å². The van der Waals surface area contributed by atoms with Crippen LogP contribution in [0.4, 0.5) is 0 Å². The molecule has 0 saturated heterocycles. The first-order chi connectivity index (χ1) is 9.78. The zero-order valence-electron chi connectivity index (χ0n) is 12.5. The van der Waals surface area contributed by atoms with E-state index in [1.54, 1.807) is 14.2 Å². The molecule has 0 spiro atoms. The van der Waals surface area contributed by atoms with Crippen LogP contribution in [0.3, 0.4) is 0 Å². The maximum Gasteiger partial charge on any atom is 0.127 e. The molecule has 4 heteroatoms. The third-order valence-electron chi connectivity index (χ3n) is 3.93. The van der Waals surface area contributed by atoms with Gasteiger partial charge in [-0.1, -0.05) is 18.9 Å². The molecule has 0 aliphatic heterocycles. The van der Waals surface area contributed by atoms with Crippen LogP contribution in [-0.4, -0.2) is 27.3 Å². The molecule has 4 nitrogen and oxygen atoms in total. The minimum atomic E-state index is 0.134. The third kappa shape index (κ3) is 4.12. The molecule has 1 atom stereocenters. The second-order valence-electron chi connectivity index (χ2n) is 5.44. The standard InChI is InChI=1S/C16H26N2O2/c1-19-13-7-8-14(16(10-13)20-2)15(11-17)18-9-3-4-12-5-6-12/h7-8,10,12,15,18H,3-6,9,11,17H2,1-2H3. The summed E-state index contributed by atoms with van der Waals surface area (Å²) < 4.78 is 10.7. The smallest absolute Gasteiger partial charge is 0.127 e. The van der Waals surface area contributed by atoms with E-state index in [9.17, 15) is 0 Å². The van der Waals surface area contributed by atoms with Crippen LogP contribution in [0.5, 0.6) is 11.5 Å². The number of methoxy groups -OCH3 is 2. The van der Waals surface area contributed by atoms with Gasteiger partial charge >= 0.3 is 0 Å². The highest BCUT2D eigenvalue weighted by Gasteiger charge is 2.20. The Bertz CT molecular complexity index is 419. The lowest BCUT2D eigenvalue weighted by Gasteiger charge is -2.20. The Kier molecular flexibility index (Phi) is 5.68.